The largest absolute Gasteiger partial charge is 0.322 e. The van der Waals surface area contributed by atoms with Crippen LogP contribution in [0.5, 0.6) is 0 Å². The van der Waals surface area contributed by atoms with Gasteiger partial charge >= 0.3 is 0 Å². The maximum Gasteiger partial charge on any atom is 0.270 e. The summed E-state index contributed by atoms with van der Waals surface area (Å²) < 4.78 is 0. The summed E-state index contributed by atoms with van der Waals surface area (Å²) in [6.45, 7) is 3.87. The molecule has 0 aliphatic heterocycles. The van der Waals surface area contributed by atoms with Crippen molar-refractivity contribution in [2.45, 2.75) is 13.8 Å². The quantitative estimate of drug-likeness (QED) is 0.425. The number of anilines is 2. The smallest absolute Gasteiger partial charge is 0.270 e. The van der Waals surface area contributed by atoms with Gasteiger partial charge in [-0.2, -0.15) is 0 Å². The maximum absolute atomic E-state index is 12.8. The van der Waals surface area contributed by atoms with Crippen LogP contribution < -0.4 is 10.6 Å². The van der Waals surface area contributed by atoms with Crippen LogP contribution >= 0.6 is 11.6 Å². The third-order valence-electron chi connectivity index (χ3n) is 4.31. The number of carbonyl (C=O) groups excluding carboxylic acids is 2. The number of amides is 2. The van der Waals surface area contributed by atoms with Crippen LogP contribution in [0.4, 0.5) is 17.1 Å². The van der Waals surface area contributed by atoms with Crippen LogP contribution in [0.3, 0.4) is 0 Å². The second-order valence-corrected chi connectivity index (χ2v) is 7.16. The van der Waals surface area contributed by atoms with E-state index in [0.717, 1.165) is 17.2 Å². The number of aryl methyl sites for hydroxylation is 2. The lowest BCUT2D eigenvalue weighted by molar-refractivity contribution is -0.384. The van der Waals surface area contributed by atoms with E-state index in [9.17, 15) is 19.7 Å². The second-order valence-electron chi connectivity index (χ2n) is 6.75. The van der Waals surface area contributed by atoms with Crippen molar-refractivity contribution in [1.29, 1.82) is 0 Å². The summed E-state index contributed by atoms with van der Waals surface area (Å²) in [5.41, 5.74) is 3.08. The number of nitrogens with zero attached hydrogens (tertiary/aromatic N) is 1. The van der Waals surface area contributed by atoms with E-state index in [1.54, 1.807) is 24.3 Å². The zero-order chi connectivity index (χ0) is 21.8. The first kappa shape index (κ1) is 21.0. The second kappa shape index (κ2) is 8.75. The molecule has 0 aliphatic carbocycles. The predicted molar refractivity (Wildman–Crippen MR) is 116 cm³/mol. The molecule has 0 fully saturated rings. The molecule has 152 valence electrons. The molecule has 0 saturated heterocycles. The van der Waals surface area contributed by atoms with Crippen molar-refractivity contribution in [2.24, 2.45) is 0 Å². The molecular formula is C22H18ClN3O4. The molecule has 2 amide bonds. The summed E-state index contributed by atoms with van der Waals surface area (Å²) in [7, 11) is 0. The van der Waals surface area contributed by atoms with Gasteiger partial charge in [0.25, 0.3) is 17.5 Å². The average molecular weight is 424 g/mol. The lowest BCUT2D eigenvalue weighted by Crippen LogP contribution is -2.18. The van der Waals surface area contributed by atoms with E-state index in [4.69, 9.17) is 11.6 Å². The fraction of sp³-hybridized carbons (Fsp3) is 0.0909. The average Bonchev–Trinajstić information content (AvgIpc) is 2.67. The number of hydrogen-bond acceptors (Lipinski definition) is 4. The van der Waals surface area contributed by atoms with Gasteiger partial charge in [-0.05, 0) is 55.3 Å². The Morgan fingerprint density at radius 2 is 1.50 bits per heavy atom. The molecule has 2 N–H and O–H groups in total. The monoisotopic (exact) mass is 423 g/mol. The number of carbonyl (C=O) groups is 2. The zero-order valence-corrected chi connectivity index (χ0v) is 17.0. The maximum atomic E-state index is 12.8. The Balaban J connectivity index is 1.84. The van der Waals surface area contributed by atoms with Crippen LogP contribution in [0.15, 0.2) is 60.7 Å². The van der Waals surface area contributed by atoms with Crippen molar-refractivity contribution in [1.82, 2.24) is 0 Å². The van der Waals surface area contributed by atoms with Gasteiger partial charge in [-0.25, -0.2) is 0 Å². The van der Waals surface area contributed by atoms with Gasteiger partial charge in [-0.3, -0.25) is 19.7 Å². The Morgan fingerprint density at radius 1 is 0.867 bits per heavy atom. The highest BCUT2D eigenvalue weighted by Crippen LogP contribution is 2.25. The first-order valence-electron chi connectivity index (χ1n) is 8.98. The number of halogens is 1. The minimum Gasteiger partial charge on any atom is -0.322 e. The SMILES string of the molecule is Cc1cc(C)cc(NC(=O)c2ccccc2NC(=O)c2ccc([N+](=O)[O-])cc2Cl)c1. The summed E-state index contributed by atoms with van der Waals surface area (Å²) in [5.74, 6) is -0.966. The lowest BCUT2D eigenvalue weighted by Gasteiger charge is -2.13. The molecule has 3 aromatic rings. The van der Waals surface area contributed by atoms with Gasteiger partial charge in [0.15, 0.2) is 0 Å². The van der Waals surface area contributed by atoms with Crippen molar-refractivity contribution in [3.8, 4) is 0 Å². The van der Waals surface area contributed by atoms with Crippen LogP contribution in [0.2, 0.25) is 5.02 Å². The molecular weight excluding hydrogens is 406 g/mol. The first-order chi connectivity index (χ1) is 14.2. The number of benzene rings is 3. The van der Waals surface area contributed by atoms with Crippen molar-refractivity contribution >= 4 is 40.5 Å². The highest BCUT2D eigenvalue weighted by atomic mass is 35.5. The van der Waals surface area contributed by atoms with E-state index < -0.39 is 10.8 Å². The van der Waals surface area contributed by atoms with Crippen molar-refractivity contribution < 1.29 is 14.5 Å². The third-order valence-corrected chi connectivity index (χ3v) is 4.62. The van der Waals surface area contributed by atoms with Gasteiger partial charge < -0.3 is 10.6 Å². The minimum absolute atomic E-state index is 0.0566. The fourth-order valence-corrected chi connectivity index (χ4v) is 3.29. The van der Waals surface area contributed by atoms with Gasteiger partial charge in [0.2, 0.25) is 0 Å². The van der Waals surface area contributed by atoms with E-state index in [1.807, 2.05) is 32.0 Å². The number of non-ortho nitro benzene ring substituents is 1. The van der Waals surface area contributed by atoms with Gasteiger partial charge in [-0.1, -0.05) is 29.8 Å². The van der Waals surface area contributed by atoms with Crippen LogP contribution in [0, 0.1) is 24.0 Å². The number of nitro benzene ring substituents is 1. The van der Waals surface area contributed by atoms with Crippen LogP contribution in [-0.4, -0.2) is 16.7 Å². The van der Waals surface area contributed by atoms with E-state index in [-0.39, 0.29) is 27.7 Å². The molecule has 0 saturated carbocycles. The Labute approximate surface area is 177 Å². The molecule has 7 nitrogen and oxygen atoms in total. The molecule has 0 heterocycles. The molecule has 3 rings (SSSR count). The molecule has 0 bridgehead atoms. The van der Waals surface area contributed by atoms with E-state index in [1.165, 1.54) is 12.1 Å². The topological polar surface area (TPSA) is 101 Å². The number of para-hydroxylation sites is 1. The summed E-state index contributed by atoms with van der Waals surface area (Å²) in [5, 5.41) is 16.3. The standard InChI is InChI=1S/C22H18ClN3O4/c1-13-9-14(2)11-15(10-13)24-22(28)18-5-3-4-6-20(18)25-21(27)17-8-7-16(26(29)30)12-19(17)23/h3-12H,1-2H3,(H,24,28)(H,25,27). The number of nitro groups is 1. The molecule has 0 atom stereocenters. The first-order valence-corrected chi connectivity index (χ1v) is 9.36. The Hall–Kier alpha value is -3.71. The molecule has 30 heavy (non-hydrogen) atoms. The highest BCUT2D eigenvalue weighted by molar-refractivity contribution is 6.34. The molecule has 3 aromatic carbocycles. The molecule has 0 spiro atoms. The van der Waals surface area contributed by atoms with Crippen molar-refractivity contribution in [3.05, 3.63) is 98.1 Å². The molecule has 0 aliphatic rings. The number of rotatable bonds is 5. The minimum atomic E-state index is -0.597. The lowest BCUT2D eigenvalue weighted by atomic mass is 10.1. The van der Waals surface area contributed by atoms with E-state index >= 15 is 0 Å². The summed E-state index contributed by atoms with van der Waals surface area (Å²) in [6.07, 6.45) is 0. The molecule has 0 aromatic heterocycles. The summed E-state index contributed by atoms with van der Waals surface area (Å²) in [4.78, 5) is 35.7. The predicted octanol–water partition coefficient (Wildman–Crippen LogP) is 5.37. The Morgan fingerprint density at radius 3 is 2.13 bits per heavy atom. The van der Waals surface area contributed by atoms with Gasteiger partial charge in [0.1, 0.15) is 0 Å². The van der Waals surface area contributed by atoms with E-state index in [0.29, 0.717) is 11.4 Å². The zero-order valence-electron chi connectivity index (χ0n) is 16.2. The summed E-state index contributed by atoms with van der Waals surface area (Å²) >= 11 is 6.03. The van der Waals surface area contributed by atoms with E-state index in [2.05, 4.69) is 10.6 Å². The van der Waals surface area contributed by atoms with Crippen molar-refractivity contribution in [2.75, 3.05) is 10.6 Å². The van der Waals surface area contributed by atoms with Gasteiger partial charge in [0, 0.05) is 17.8 Å². The van der Waals surface area contributed by atoms with Crippen LogP contribution in [0.1, 0.15) is 31.8 Å². The summed E-state index contributed by atoms with van der Waals surface area (Å²) in [6, 6.07) is 15.8. The van der Waals surface area contributed by atoms with Crippen LogP contribution in [-0.2, 0) is 0 Å². The van der Waals surface area contributed by atoms with Crippen LogP contribution in [0.25, 0.3) is 0 Å². The third kappa shape index (κ3) is 4.82. The number of nitrogens with one attached hydrogen (secondary N) is 2. The van der Waals surface area contributed by atoms with Gasteiger partial charge in [0.05, 0.1) is 26.8 Å². The van der Waals surface area contributed by atoms with Gasteiger partial charge in [-0.15, -0.1) is 0 Å². The number of hydrogen-bond donors (Lipinski definition) is 2. The molecule has 0 unspecified atom stereocenters. The van der Waals surface area contributed by atoms with Crippen molar-refractivity contribution in [3.63, 3.8) is 0 Å². The Bertz CT molecular complexity index is 1140. The molecule has 8 heteroatoms. The fourth-order valence-electron chi connectivity index (χ4n) is 3.03. The highest BCUT2D eigenvalue weighted by Gasteiger charge is 2.18. The Kier molecular flexibility index (Phi) is 6.13. The molecule has 0 radical (unpaired) electrons. The normalized spacial score (nSPS) is 10.4.